The molecule has 3 heterocycles. The monoisotopic (exact) mass is 501 g/mol. The Balaban J connectivity index is 1.16. The van der Waals surface area contributed by atoms with E-state index in [9.17, 15) is 0 Å². The first kappa shape index (κ1) is 21.6. The molecule has 0 saturated carbocycles. The highest BCUT2D eigenvalue weighted by molar-refractivity contribution is 8.00. The lowest BCUT2D eigenvalue weighted by Crippen LogP contribution is -2.01. The van der Waals surface area contributed by atoms with E-state index >= 15 is 0 Å². The maximum Gasteiger partial charge on any atom is 0.103 e. The third-order valence-electron chi connectivity index (χ3n) is 6.56. The number of fused-ring (bicyclic) bond motifs is 2. The van der Waals surface area contributed by atoms with Crippen LogP contribution in [0.2, 0.25) is 0 Å². The molecule has 1 aromatic heterocycles. The lowest BCUT2D eigenvalue weighted by molar-refractivity contribution is 1.13. The Hall–Kier alpha value is -3.67. The summed E-state index contributed by atoms with van der Waals surface area (Å²) in [5.41, 5.74) is 9.16. The van der Waals surface area contributed by atoms with Gasteiger partial charge in [0, 0.05) is 32.3 Å². The van der Waals surface area contributed by atoms with Gasteiger partial charge in [0.2, 0.25) is 0 Å². The van der Waals surface area contributed by atoms with E-state index in [1.807, 2.05) is 23.5 Å². The van der Waals surface area contributed by atoms with E-state index in [-0.39, 0.29) is 10.7 Å². The molecule has 0 fully saturated rings. The Morgan fingerprint density at radius 3 is 1.47 bits per heavy atom. The molecule has 5 aromatic rings. The number of benzene rings is 4. The van der Waals surface area contributed by atoms with Crippen LogP contribution in [-0.4, -0.2) is 4.98 Å². The Labute approximate surface area is 219 Å². The minimum Gasteiger partial charge on any atom is -0.368 e. The van der Waals surface area contributed by atoms with Crippen LogP contribution in [-0.2, 0) is 0 Å². The van der Waals surface area contributed by atoms with Crippen molar-refractivity contribution in [3.8, 4) is 22.5 Å². The van der Waals surface area contributed by atoms with Gasteiger partial charge in [-0.1, -0.05) is 90.3 Å². The fourth-order valence-electron chi connectivity index (χ4n) is 4.75. The molecule has 0 spiro atoms. The summed E-state index contributed by atoms with van der Waals surface area (Å²) in [4.78, 5) is 7.67. The van der Waals surface area contributed by atoms with Crippen LogP contribution in [0.25, 0.3) is 22.5 Å². The van der Waals surface area contributed by atoms with E-state index in [2.05, 4.69) is 126 Å². The molecule has 5 heteroatoms. The molecule has 3 nitrogen and oxygen atoms in total. The van der Waals surface area contributed by atoms with Crippen LogP contribution < -0.4 is 10.6 Å². The van der Waals surface area contributed by atoms with Crippen molar-refractivity contribution in [3.05, 3.63) is 126 Å². The van der Waals surface area contributed by atoms with E-state index in [4.69, 9.17) is 4.98 Å². The smallest absolute Gasteiger partial charge is 0.103 e. The average Bonchev–Trinajstić information content (AvgIpc) is 3.58. The number of aromatic nitrogens is 1. The second-order valence-corrected chi connectivity index (χ2v) is 11.2. The molecule has 2 atom stereocenters. The van der Waals surface area contributed by atoms with Crippen molar-refractivity contribution in [1.82, 2.24) is 4.98 Å². The summed E-state index contributed by atoms with van der Waals surface area (Å²) in [5, 5.41) is 7.70. The topological polar surface area (TPSA) is 37.0 Å². The van der Waals surface area contributed by atoms with Gasteiger partial charge in [-0.15, -0.1) is 0 Å². The number of nitrogens with one attached hydrogen (secondary N) is 2. The summed E-state index contributed by atoms with van der Waals surface area (Å²) in [6.07, 6.45) is 0. The lowest BCUT2D eigenvalue weighted by atomic mass is 10.0. The Bertz CT molecular complexity index is 1420. The van der Waals surface area contributed by atoms with Gasteiger partial charge in [-0.05, 0) is 59.7 Å². The van der Waals surface area contributed by atoms with Gasteiger partial charge in [0.1, 0.15) is 10.7 Å². The summed E-state index contributed by atoms with van der Waals surface area (Å²) in [7, 11) is 0. The van der Waals surface area contributed by atoms with E-state index in [0.29, 0.717) is 0 Å². The molecule has 174 valence electrons. The number of thioether (sulfide) groups is 2. The zero-order chi connectivity index (χ0) is 23.9. The zero-order valence-electron chi connectivity index (χ0n) is 19.4. The van der Waals surface area contributed by atoms with E-state index in [1.165, 1.54) is 32.3 Å². The molecule has 0 amide bonds. The first-order valence-electron chi connectivity index (χ1n) is 12.0. The molecular weight excluding hydrogens is 478 g/mol. The van der Waals surface area contributed by atoms with Crippen LogP contribution in [0.15, 0.2) is 125 Å². The Kier molecular flexibility index (Phi) is 5.45. The molecule has 2 aliphatic heterocycles. The normalized spacial score (nSPS) is 17.7. The zero-order valence-corrected chi connectivity index (χ0v) is 21.0. The van der Waals surface area contributed by atoms with E-state index in [1.54, 1.807) is 0 Å². The van der Waals surface area contributed by atoms with Gasteiger partial charge in [-0.2, -0.15) is 0 Å². The molecule has 2 aliphatic rings. The SMILES string of the molecule is c1cc(-c2cccc(-c3cccc(C4Nc5ccccc5S4)c3)n2)cc(C2Nc3ccccc3S2)c1. The molecule has 4 aromatic carbocycles. The molecule has 0 saturated heterocycles. The molecule has 0 radical (unpaired) electrons. The molecule has 36 heavy (non-hydrogen) atoms. The largest absolute Gasteiger partial charge is 0.368 e. The fourth-order valence-corrected chi connectivity index (χ4v) is 7.02. The summed E-state index contributed by atoms with van der Waals surface area (Å²) >= 11 is 3.73. The summed E-state index contributed by atoms with van der Waals surface area (Å²) < 4.78 is 0. The second kappa shape index (κ2) is 9.08. The number of anilines is 2. The molecular formula is C31H23N3S2. The van der Waals surface area contributed by atoms with Gasteiger partial charge in [0.25, 0.3) is 0 Å². The second-order valence-electron chi connectivity index (χ2n) is 8.94. The van der Waals surface area contributed by atoms with Crippen LogP contribution in [0, 0.1) is 0 Å². The first-order valence-corrected chi connectivity index (χ1v) is 13.8. The predicted molar refractivity (Wildman–Crippen MR) is 152 cm³/mol. The summed E-state index contributed by atoms with van der Waals surface area (Å²) in [6, 6.07) is 40.7. The van der Waals surface area contributed by atoms with Crippen LogP contribution >= 0.6 is 23.5 Å². The highest BCUT2D eigenvalue weighted by Gasteiger charge is 2.24. The lowest BCUT2D eigenvalue weighted by Gasteiger charge is -2.14. The summed E-state index contributed by atoms with van der Waals surface area (Å²) in [6.45, 7) is 0. The fraction of sp³-hybridized carbons (Fsp3) is 0.0645. The van der Waals surface area contributed by atoms with Crippen molar-refractivity contribution < 1.29 is 0 Å². The number of hydrogen-bond donors (Lipinski definition) is 2. The average molecular weight is 502 g/mol. The molecule has 0 aliphatic carbocycles. The number of hydrogen-bond acceptors (Lipinski definition) is 5. The number of rotatable bonds is 4. The van der Waals surface area contributed by atoms with Gasteiger partial charge >= 0.3 is 0 Å². The van der Waals surface area contributed by atoms with Crippen molar-refractivity contribution in [2.75, 3.05) is 10.6 Å². The summed E-state index contributed by atoms with van der Waals surface area (Å²) in [5.74, 6) is 0. The maximum absolute atomic E-state index is 5.07. The minimum atomic E-state index is 0.211. The van der Waals surface area contributed by atoms with Crippen molar-refractivity contribution in [3.63, 3.8) is 0 Å². The highest BCUT2D eigenvalue weighted by Crippen LogP contribution is 2.47. The Morgan fingerprint density at radius 1 is 0.500 bits per heavy atom. The van der Waals surface area contributed by atoms with Gasteiger partial charge < -0.3 is 10.6 Å². The van der Waals surface area contributed by atoms with Crippen molar-refractivity contribution in [2.45, 2.75) is 20.5 Å². The molecule has 2 N–H and O–H groups in total. The van der Waals surface area contributed by atoms with Crippen LogP contribution in [0.3, 0.4) is 0 Å². The number of pyridine rings is 1. The molecule has 2 unspecified atom stereocenters. The number of nitrogens with zero attached hydrogens (tertiary/aromatic N) is 1. The third kappa shape index (κ3) is 4.04. The van der Waals surface area contributed by atoms with Gasteiger partial charge in [-0.25, -0.2) is 4.98 Å². The Morgan fingerprint density at radius 2 is 0.972 bits per heavy atom. The van der Waals surface area contributed by atoms with Gasteiger partial charge in [0.15, 0.2) is 0 Å². The van der Waals surface area contributed by atoms with Crippen molar-refractivity contribution in [1.29, 1.82) is 0 Å². The van der Waals surface area contributed by atoms with Gasteiger partial charge in [-0.3, -0.25) is 0 Å². The number of para-hydroxylation sites is 2. The van der Waals surface area contributed by atoms with Crippen molar-refractivity contribution in [2.24, 2.45) is 0 Å². The van der Waals surface area contributed by atoms with Crippen LogP contribution in [0.1, 0.15) is 21.9 Å². The third-order valence-corrected chi connectivity index (χ3v) is 9.03. The van der Waals surface area contributed by atoms with Crippen molar-refractivity contribution >= 4 is 34.9 Å². The van der Waals surface area contributed by atoms with Crippen LogP contribution in [0.5, 0.6) is 0 Å². The quantitative estimate of drug-likeness (QED) is 0.257. The first-order chi connectivity index (χ1) is 17.8. The standard InChI is InChI=1S/C31H23N3S2/c1-3-16-28-26(12-1)33-30(35-28)22-10-5-8-20(18-22)24-14-7-15-25(32-24)21-9-6-11-23(19-21)31-34-27-13-2-4-17-29(27)36-31/h1-19,30-31,33-34H. The minimum absolute atomic E-state index is 0.211. The predicted octanol–water partition coefficient (Wildman–Crippen LogP) is 8.85. The molecule has 0 bridgehead atoms. The van der Waals surface area contributed by atoms with E-state index in [0.717, 1.165) is 22.5 Å². The highest BCUT2D eigenvalue weighted by atomic mass is 32.2. The van der Waals surface area contributed by atoms with E-state index < -0.39 is 0 Å². The maximum atomic E-state index is 5.07. The molecule has 7 rings (SSSR count). The van der Waals surface area contributed by atoms with Crippen LogP contribution in [0.4, 0.5) is 11.4 Å². The van der Waals surface area contributed by atoms with Gasteiger partial charge in [0.05, 0.1) is 11.4 Å².